The van der Waals surface area contributed by atoms with Gasteiger partial charge in [0.15, 0.2) is 0 Å². The van der Waals surface area contributed by atoms with E-state index in [9.17, 15) is 4.79 Å². The van der Waals surface area contributed by atoms with E-state index < -0.39 is 5.54 Å². The molecule has 0 radical (unpaired) electrons. The van der Waals surface area contributed by atoms with E-state index in [-0.39, 0.29) is 5.91 Å². The Morgan fingerprint density at radius 1 is 1.24 bits per heavy atom. The zero-order chi connectivity index (χ0) is 14.7. The summed E-state index contributed by atoms with van der Waals surface area (Å²) in [6, 6.07) is 7.39. The predicted molar refractivity (Wildman–Crippen MR) is 77.8 cm³/mol. The number of nitrogens with one attached hydrogen (secondary N) is 1. The SMILES string of the molecule is NC1(C(=O)Nc2ccccc2-n2cnnn2)CCCCC1. The van der Waals surface area contributed by atoms with Crippen LogP contribution in [0.25, 0.3) is 5.69 Å². The van der Waals surface area contributed by atoms with E-state index in [2.05, 4.69) is 20.8 Å². The van der Waals surface area contributed by atoms with Crippen LogP contribution in [0.2, 0.25) is 0 Å². The number of carbonyl (C=O) groups is 1. The molecule has 1 amide bonds. The molecule has 1 aliphatic rings. The van der Waals surface area contributed by atoms with Gasteiger partial charge in [0, 0.05) is 0 Å². The number of anilines is 1. The van der Waals surface area contributed by atoms with E-state index in [1.165, 1.54) is 11.0 Å². The molecule has 2 aromatic rings. The van der Waals surface area contributed by atoms with Crippen molar-refractivity contribution in [2.24, 2.45) is 5.73 Å². The van der Waals surface area contributed by atoms with Gasteiger partial charge >= 0.3 is 0 Å². The summed E-state index contributed by atoms with van der Waals surface area (Å²) in [7, 11) is 0. The van der Waals surface area contributed by atoms with Crippen LogP contribution in [0.1, 0.15) is 32.1 Å². The molecule has 0 unspecified atom stereocenters. The number of para-hydroxylation sites is 2. The molecule has 110 valence electrons. The predicted octanol–water partition coefficient (Wildman–Crippen LogP) is 1.26. The molecule has 1 aromatic carbocycles. The Bertz CT molecular complexity index is 618. The van der Waals surface area contributed by atoms with Gasteiger partial charge < -0.3 is 11.1 Å². The fourth-order valence-electron chi connectivity index (χ4n) is 2.71. The van der Waals surface area contributed by atoms with Crippen molar-refractivity contribution in [3.05, 3.63) is 30.6 Å². The number of carbonyl (C=O) groups excluding carboxylic acids is 1. The van der Waals surface area contributed by atoms with Crippen LogP contribution in [0.3, 0.4) is 0 Å². The summed E-state index contributed by atoms with van der Waals surface area (Å²) in [5, 5.41) is 14.0. The highest BCUT2D eigenvalue weighted by Gasteiger charge is 2.35. The van der Waals surface area contributed by atoms with Crippen molar-refractivity contribution < 1.29 is 4.79 Å². The van der Waals surface area contributed by atoms with Gasteiger partial charge in [-0.15, -0.1) is 5.10 Å². The van der Waals surface area contributed by atoms with Gasteiger partial charge in [0.2, 0.25) is 5.91 Å². The lowest BCUT2D eigenvalue weighted by Crippen LogP contribution is -2.52. The minimum absolute atomic E-state index is 0.136. The molecule has 0 atom stereocenters. The Morgan fingerprint density at radius 2 is 2.00 bits per heavy atom. The first-order chi connectivity index (χ1) is 10.2. The molecule has 1 heterocycles. The summed E-state index contributed by atoms with van der Waals surface area (Å²) in [5.41, 5.74) is 6.86. The van der Waals surface area contributed by atoms with E-state index in [0.29, 0.717) is 5.69 Å². The lowest BCUT2D eigenvalue weighted by atomic mass is 9.82. The molecule has 0 spiro atoms. The van der Waals surface area contributed by atoms with E-state index in [4.69, 9.17) is 5.73 Å². The third kappa shape index (κ3) is 2.78. The minimum Gasteiger partial charge on any atom is -0.323 e. The van der Waals surface area contributed by atoms with Crippen molar-refractivity contribution >= 4 is 11.6 Å². The maximum atomic E-state index is 12.5. The van der Waals surface area contributed by atoms with Gasteiger partial charge in [-0.1, -0.05) is 31.4 Å². The maximum Gasteiger partial charge on any atom is 0.244 e. The molecule has 1 aromatic heterocycles. The van der Waals surface area contributed by atoms with Crippen LogP contribution in [0, 0.1) is 0 Å². The summed E-state index contributed by atoms with van der Waals surface area (Å²) in [5.74, 6) is -0.136. The standard InChI is InChI=1S/C14H18N6O/c15-14(8-4-1-5-9-14)13(21)17-11-6-2-3-7-12(11)20-10-16-18-19-20/h2-3,6-7,10H,1,4-5,8-9,15H2,(H,17,21). The van der Waals surface area contributed by atoms with Crippen LogP contribution < -0.4 is 11.1 Å². The summed E-state index contributed by atoms with van der Waals surface area (Å²) in [4.78, 5) is 12.5. The quantitative estimate of drug-likeness (QED) is 0.885. The number of hydrogen-bond acceptors (Lipinski definition) is 5. The molecule has 3 N–H and O–H groups in total. The monoisotopic (exact) mass is 286 g/mol. The molecule has 1 aliphatic carbocycles. The Morgan fingerprint density at radius 3 is 2.71 bits per heavy atom. The van der Waals surface area contributed by atoms with Crippen molar-refractivity contribution in [3.63, 3.8) is 0 Å². The highest BCUT2D eigenvalue weighted by Crippen LogP contribution is 2.28. The molecule has 7 nitrogen and oxygen atoms in total. The minimum atomic E-state index is -0.772. The number of hydrogen-bond donors (Lipinski definition) is 2. The molecular formula is C14H18N6O. The summed E-state index contributed by atoms with van der Waals surface area (Å²) in [6.45, 7) is 0. The van der Waals surface area contributed by atoms with Crippen molar-refractivity contribution in [1.29, 1.82) is 0 Å². The number of tetrazole rings is 1. The molecule has 3 rings (SSSR count). The number of benzene rings is 1. The third-order valence-corrected chi connectivity index (χ3v) is 3.95. The highest BCUT2D eigenvalue weighted by atomic mass is 16.2. The van der Waals surface area contributed by atoms with Gasteiger partial charge in [0.25, 0.3) is 0 Å². The van der Waals surface area contributed by atoms with Crippen molar-refractivity contribution in [3.8, 4) is 5.69 Å². The van der Waals surface area contributed by atoms with Gasteiger partial charge in [-0.05, 0) is 35.4 Å². The second-order valence-electron chi connectivity index (χ2n) is 5.44. The van der Waals surface area contributed by atoms with Crippen molar-refractivity contribution in [1.82, 2.24) is 20.2 Å². The Kier molecular flexibility index (Phi) is 3.66. The first-order valence-electron chi connectivity index (χ1n) is 7.12. The van der Waals surface area contributed by atoms with Gasteiger partial charge in [-0.2, -0.15) is 4.68 Å². The van der Waals surface area contributed by atoms with E-state index in [0.717, 1.165) is 37.8 Å². The number of aromatic nitrogens is 4. The average Bonchev–Trinajstić information content (AvgIpc) is 3.02. The van der Waals surface area contributed by atoms with E-state index >= 15 is 0 Å². The summed E-state index contributed by atoms with van der Waals surface area (Å²) < 4.78 is 1.51. The van der Waals surface area contributed by atoms with E-state index in [1.807, 2.05) is 24.3 Å². The normalized spacial score (nSPS) is 17.4. The van der Waals surface area contributed by atoms with Gasteiger partial charge in [0.05, 0.1) is 16.9 Å². The smallest absolute Gasteiger partial charge is 0.244 e. The zero-order valence-electron chi connectivity index (χ0n) is 11.7. The van der Waals surface area contributed by atoms with Gasteiger partial charge in [-0.3, -0.25) is 4.79 Å². The van der Waals surface area contributed by atoms with Crippen LogP contribution in [-0.4, -0.2) is 31.7 Å². The van der Waals surface area contributed by atoms with Crippen molar-refractivity contribution in [2.45, 2.75) is 37.6 Å². The lowest BCUT2D eigenvalue weighted by Gasteiger charge is -2.32. The second-order valence-corrected chi connectivity index (χ2v) is 5.44. The van der Waals surface area contributed by atoms with Crippen LogP contribution in [0.15, 0.2) is 30.6 Å². The second kappa shape index (κ2) is 5.61. The van der Waals surface area contributed by atoms with Crippen LogP contribution in [-0.2, 0) is 4.79 Å². The fourth-order valence-corrected chi connectivity index (χ4v) is 2.71. The Labute approximate surface area is 122 Å². The first kappa shape index (κ1) is 13.7. The van der Waals surface area contributed by atoms with Gasteiger partial charge in [0.1, 0.15) is 6.33 Å². The molecule has 1 saturated carbocycles. The molecule has 0 bridgehead atoms. The molecule has 0 aliphatic heterocycles. The third-order valence-electron chi connectivity index (χ3n) is 3.95. The summed E-state index contributed by atoms with van der Waals surface area (Å²) in [6.07, 6.45) is 6.09. The average molecular weight is 286 g/mol. The Balaban J connectivity index is 1.83. The van der Waals surface area contributed by atoms with Crippen molar-refractivity contribution in [2.75, 3.05) is 5.32 Å². The molecule has 21 heavy (non-hydrogen) atoms. The molecular weight excluding hydrogens is 268 g/mol. The number of nitrogens with two attached hydrogens (primary N) is 1. The lowest BCUT2D eigenvalue weighted by molar-refractivity contribution is -0.122. The number of nitrogens with zero attached hydrogens (tertiary/aromatic N) is 4. The van der Waals surface area contributed by atoms with Crippen LogP contribution in [0.4, 0.5) is 5.69 Å². The summed E-state index contributed by atoms with van der Waals surface area (Å²) >= 11 is 0. The Hall–Kier alpha value is -2.28. The molecule has 0 saturated heterocycles. The number of amides is 1. The van der Waals surface area contributed by atoms with Gasteiger partial charge in [-0.25, -0.2) is 0 Å². The first-order valence-corrected chi connectivity index (χ1v) is 7.12. The highest BCUT2D eigenvalue weighted by molar-refractivity contribution is 5.99. The van der Waals surface area contributed by atoms with Crippen LogP contribution in [0.5, 0.6) is 0 Å². The largest absolute Gasteiger partial charge is 0.323 e. The molecule has 1 fully saturated rings. The van der Waals surface area contributed by atoms with Crippen LogP contribution >= 0.6 is 0 Å². The fraction of sp³-hybridized carbons (Fsp3) is 0.429. The topological polar surface area (TPSA) is 98.7 Å². The maximum absolute atomic E-state index is 12.5. The van der Waals surface area contributed by atoms with E-state index in [1.54, 1.807) is 0 Å². The zero-order valence-corrected chi connectivity index (χ0v) is 11.7. The molecule has 7 heteroatoms. The number of rotatable bonds is 3.